The molecule has 3 aromatic carbocycles. The average Bonchev–Trinajstić information content (AvgIpc) is 3.71. The van der Waals surface area contributed by atoms with Gasteiger partial charge in [-0.2, -0.15) is 0 Å². The lowest BCUT2D eigenvalue weighted by Crippen LogP contribution is -2.59. The number of carbonyl (C=O) groups excluding carboxylic acids is 3. The Morgan fingerprint density at radius 1 is 0.963 bits per heavy atom. The molecule has 0 saturated carbocycles. The fraction of sp³-hybridized carbons (Fsp3) is 0.262. The van der Waals surface area contributed by atoms with Crippen molar-refractivity contribution in [2.24, 2.45) is 12.5 Å². The number of ketones is 1. The maximum atomic E-state index is 14.8. The Hall–Kier alpha value is -5.72. The van der Waals surface area contributed by atoms with Gasteiger partial charge in [-0.15, -0.1) is 11.3 Å². The van der Waals surface area contributed by atoms with Gasteiger partial charge in [0.05, 0.1) is 27.2 Å². The summed E-state index contributed by atoms with van der Waals surface area (Å²) >= 11 is 1.33. The number of anilines is 3. The quantitative estimate of drug-likeness (QED) is 0.177. The van der Waals surface area contributed by atoms with E-state index >= 15 is 0 Å². The Balaban J connectivity index is 0.937. The van der Waals surface area contributed by atoms with E-state index in [4.69, 9.17) is 4.74 Å². The van der Waals surface area contributed by atoms with Gasteiger partial charge in [0.15, 0.2) is 5.82 Å². The van der Waals surface area contributed by atoms with E-state index in [2.05, 4.69) is 20.2 Å². The minimum Gasteiger partial charge on any atom is -0.381 e. The normalized spacial score (nSPS) is 16.1. The highest BCUT2D eigenvalue weighted by molar-refractivity contribution is 7.17. The Kier molecular flexibility index (Phi) is 8.39. The number of thiophene rings is 1. The summed E-state index contributed by atoms with van der Waals surface area (Å²) in [7, 11) is 1.83. The summed E-state index contributed by atoms with van der Waals surface area (Å²) in [6, 6.07) is 22.5. The monoisotopic (exact) mass is 740 g/mol. The van der Waals surface area contributed by atoms with E-state index in [-0.39, 0.29) is 29.6 Å². The summed E-state index contributed by atoms with van der Waals surface area (Å²) in [5.74, 6) is -0.203. The third-order valence-corrected chi connectivity index (χ3v) is 12.1. The number of nitrogens with zero attached hydrogens (tertiary/aromatic N) is 5. The van der Waals surface area contributed by atoms with E-state index in [1.807, 2.05) is 50.4 Å². The Bertz CT molecular complexity index is 2480. The molecule has 0 radical (unpaired) electrons. The molecule has 6 aromatic rings. The van der Waals surface area contributed by atoms with Crippen LogP contribution in [0.2, 0.25) is 0 Å². The van der Waals surface area contributed by atoms with Gasteiger partial charge >= 0.3 is 0 Å². The lowest BCUT2D eigenvalue weighted by Gasteiger charge is -2.53. The van der Waals surface area contributed by atoms with Crippen molar-refractivity contribution >= 4 is 57.2 Å². The number of aryl methyl sites for hydroxylation is 2. The number of carbonyl (C=O) groups is 3. The molecule has 0 bridgehead atoms. The predicted octanol–water partition coefficient (Wildman–Crippen LogP) is 7.45. The summed E-state index contributed by atoms with van der Waals surface area (Å²) < 4.78 is 22.2. The molecule has 0 aliphatic carbocycles. The van der Waals surface area contributed by atoms with Crippen LogP contribution in [0.3, 0.4) is 0 Å². The number of benzene rings is 3. The van der Waals surface area contributed by atoms with Crippen LogP contribution in [-0.4, -0.2) is 65.0 Å². The van der Waals surface area contributed by atoms with E-state index < -0.39 is 5.82 Å². The van der Waals surface area contributed by atoms with Crippen molar-refractivity contribution in [2.45, 2.75) is 26.2 Å². The number of aromatic nitrogens is 3. The number of nitrogens with one attached hydrogen (secondary N) is 1. The van der Waals surface area contributed by atoms with Gasteiger partial charge in [0.2, 0.25) is 5.78 Å². The summed E-state index contributed by atoms with van der Waals surface area (Å²) in [4.78, 5) is 55.8. The first-order chi connectivity index (χ1) is 26.2. The Labute approximate surface area is 315 Å². The molecule has 2 amide bonds. The number of imidazole rings is 1. The van der Waals surface area contributed by atoms with Crippen molar-refractivity contribution in [3.05, 3.63) is 124 Å². The van der Waals surface area contributed by atoms with E-state index in [0.29, 0.717) is 51.0 Å². The lowest BCUT2D eigenvalue weighted by atomic mass is 9.73. The van der Waals surface area contributed by atoms with Gasteiger partial charge < -0.3 is 24.4 Å². The Morgan fingerprint density at radius 3 is 2.52 bits per heavy atom. The van der Waals surface area contributed by atoms with Crippen LogP contribution in [-0.2, 0) is 18.2 Å². The first kappa shape index (κ1) is 34.1. The van der Waals surface area contributed by atoms with Crippen molar-refractivity contribution < 1.29 is 23.5 Å². The first-order valence-electron chi connectivity index (χ1n) is 18.1. The van der Waals surface area contributed by atoms with Gasteiger partial charge in [0, 0.05) is 73.2 Å². The van der Waals surface area contributed by atoms with Gasteiger partial charge in [-0.05, 0) is 104 Å². The molecule has 0 atom stereocenters. The molecule has 3 aliphatic heterocycles. The van der Waals surface area contributed by atoms with E-state index in [1.165, 1.54) is 23.5 Å². The second kappa shape index (κ2) is 13.3. The smallest absolute Gasteiger partial charge is 0.259 e. The van der Waals surface area contributed by atoms with Crippen LogP contribution in [0.25, 0.3) is 21.5 Å². The summed E-state index contributed by atoms with van der Waals surface area (Å²) in [6.07, 6.45) is 4.29. The number of amides is 2. The molecule has 6 heterocycles. The maximum Gasteiger partial charge on any atom is 0.259 e. The average molecular weight is 741 g/mol. The van der Waals surface area contributed by atoms with Crippen LogP contribution in [0.15, 0.2) is 85.1 Å². The minimum absolute atomic E-state index is 0.186. The zero-order valence-electron chi connectivity index (χ0n) is 29.9. The zero-order valence-corrected chi connectivity index (χ0v) is 30.7. The molecule has 2 saturated heterocycles. The second-order valence-corrected chi connectivity index (χ2v) is 15.6. The van der Waals surface area contributed by atoms with Gasteiger partial charge in [-0.3, -0.25) is 14.4 Å². The molecule has 0 unspecified atom stereocenters. The molecule has 1 N–H and O–H groups in total. The van der Waals surface area contributed by atoms with Crippen molar-refractivity contribution in [3.8, 4) is 10.4 Å². The van der Waals surface area contributed by atoms with Crippen LogP contribution >= 0.6 is 11.3 Å². The molecular weight excluding hydrogens is 704 g/mol. The second-order valence-electron chi connectivity index (χ2n) is 14.5. The first-order valence-corrected chi connectivity index (χ1v) is 18.9. The summed E-state index contributed by atoms with van der Waals surface area (Å²) in [6.45, 7) is 5.44. The molecule has 3 aromatic heterocycles. The number of hydrogen-bond acceptors (Lipinski definition) is 8. The van der Waals surface area contributed by atoms with Crippen LogP contribution in [0.4, 0.5) is 21.6 Å². The highest BCUT2D eigenvalue weighted by Crippen LogP contribution is 2.44. The number of ether oxygens (including phenoxy) is 1. The van der Waals surface area contributed by atoms with E-state index in [0.717, 1.165) is 66.2 Å². The number of fused-ring (bicyclic) bond motifs is 4. The fourth-order valence-electron chi connectivity index (χ4n) is 7.96. The third-order valence-electron chi connectivity index (χ3n) is 10.9. The summed E-state index contributed by atoms with van der Waals surface area (Å²) in [5.41, 5.74) is 6.20. The largest absolute Gasteiger partial charge is 0.381 e. The molecule has 10 nitrogen and oxygen atoms in total. The standard InChI is InChI=1S/C42H37FN6O4S/c1-25-19-31(38(44-22-25)48-23-42(24-48)14-17-53-18-15-42)40(51)45-29-10-7-26(8-11-29)41(52)49-16-13-27-20-35(54-37(27)30-12-9-28(43)21-34(30)49)36(50)39-46-32-5-3-4-6-33(32)47(39)2/h3-12,19-22H,13-18,23-24H2,1-2H3,(H,45,51). The molecule has 1 spiro atoms. The molecule has 2 fully saturated rings. The van der Waals surface area contributed by atoms with Crippen LogP contribution in [0.5, 0.6) is 0 Å². The van der Waals surface area contributed by atoms with Gasteiger partial charge in [-0.25, -0.2) is 14.4 Å². The van der Waals surface area contributed by atoms with Crippen LogP contribution < -0.4 is 15.1 Å². The number of halogens is 1. The third kappa shape index (κ3) is 5.95. The Morgan fingerprint density at radius 2 is 1.74 bits per heavy atom. The summed E-state index contributed by atoms with van der Waals surface area (Å²) in [5, 5.41) is 2.99. The topological polar surface area (TPSA) is 110 Å². The fourth-order valence-corrected chi connectivity index (χ4v) is 9.14. The molecule has 12 heteroatoms. The maximum absolute atomic E-state index is 14.8. The van der Waals surface area contributed by atoms with Crippen molar-refractivity contribution in [2.75, 3.05) is 48.0 Å². The highest BCUT2D eigenvalue weighted by atomic mass is 32.1. The molecule has 9 rings (SSSR count). The van der Waals surface area contributed by atoms with Crippen LogP contribution in [0, 0.1) is 18.2 Å². The van der Waals surface area contributed by atoms with E-state index in [1.54, 1.807) is 46.0 Å². The van der Waals surface area contributed by atoms with Crippen molar-refractivity contribution in [1.29, 1.82) is 0 Å². The molecule has 54 heavy (non-hydrogen) atoms. The van der Waals surface area contributed by atoms with Crippen molar-refractivity contribution in [1.82, 2.24) is 14.5 Å². The van der Waals surface area contributed by atoms with Gasteiger partial charge in [-0.1, -0.05) is 12.1 Å². The predicted molar refractivity (Wildman–Crippen MR) is 207 cm³/mol. The number of para-hydroxylation sites is 2. The van der Waals surface area contributed by atoms with E-state index in [9.17, 15) is 18.8 Å². The zero-order chi connectivity index (χ0) is 37.1. The van der Waals surface area contributed by atoms with Gasteiger partial charge in [0.25, 0.3) is 11.8 Å². The SMILES string of the molecule is Cc1cnc(N2CC3(CCOCC3)C2)c(C(=O)Nc2ccc(C(=O)N3CCc4cc(C(=O)c5nc6ccccc6n5C)sc4-c4ccc(F)cc43)cc2)c1. The van der Waals surface area contributed by atoms with Crippen LogP contribution in [0.1, 0.15) is 60.2 Å². The van der Waals surface area contributed by atoms with Crippen molar-refractivity contribution in [3.63, 3.8) is 0 Å². The molecule has 3 aliphatic rings. The molecular formula is C42H37FN6O4S. The minimum atomic E-state index is -0.466. The molecule has 272 valence electrons. The number of rotatable bonds is 6. The van der Waals surface area contributed by atoms with Gasteiger partial charge in [0.1, 0.15) is 11.6 Å². The number of hydrogen-bond donors (Lipinski definition) is 1. The lowest BCUT2D eigenvalue weighted by molar-refractivity contribution is -0.000511. The number of pyridine rings is 1. The highest BCUT2D eigenvalue weighted by Gasteiger charge is 2.45.